The van der Waals surface area contributed by atoms with Crippen LogP contribution in [0, 0.1) is 5.92 Å². The zero-order valence-corrected chi connectivity index (χ0v) is 7.63. The van der Waals surface area contributed by atoms with Crippen molar-refractivity contribution in [3.05, 3.63) is 0 Å². The molecule has 2 aliphatic rings. The van der Waals surface area contributed by atoms with Crippen molar-refractivity contribution in [3.63, 3.8) is 0 Å². The average molecular weight is 155 g/mol. The van der Waals surface area contributed by atoms with Crippen LogP contribution in [0.1, 0.15) is 27.2 Å². The van der Waals surface area contributed by atoms with E-state index in [1.807, 2.05) is 0 Å². The minimum atomic E-state index is 0.292. The van der Waals surface area contributed by atoms with Crippen LogP contribution >= 0.6 is 0 Å². The van der Waals surface area contributed by atoms with Gasteiger partial charge in [-0.1, -0.05) is 0 Å². The molecule has 64 valence electrons. The van der Waals surface area contributed by atoms with E-state index >= 15 is 0 Å². The second-order valence-electron chi connectivity index (χ2n) is 4.71. The summed E-state index contributed by atoms with van der Waals surface area (Å²) in [4.78, 5) is 2.47. The standard InChI is InChI=1S/C9H17NO/c1-9(2,3)10-5-7-4-8(10)11-6-7/h7-8H,4-6H2,1-3H3/t7-,8+/m0/s1. The topological polar surface area (TPSA) is 12.5 Å². The fourth-order valence-corrected chi connectivity index (χ4v) is 2.11. The summed E-state index contributed by atoms with van der Waals surface area (Å²) in [7, 11) is 0. The lowest BCUT2D eigenvalue weighted by Crippen LogP contribution is -2.47. The first-order chi connectivity index (χ1) is 5.07. The molecule has 0 aromatic rings. The molecule has 0 unspecified atom stereocenters. The molecule has 2 nitrogen and oxygen atoms in total. The van der Waals surface area contributed by atoms with E-state index in [1.165, 1.54) is 13.0 Å². The Bertz CT molecular complexity index is 161. The second-order valence-corrected chi connectivity index (χ2v) is 4.71. The van der Waals surface area contributed by atoms with Crippen molar-refractivity contribution in [2.24, 2.45) is 5.92 Å². The lowest BCUT2D eigenvalue weighted by atomic mass is 10.1. The second kappa shape index (κ2) is 2.20. The summed E-state index contributed by atoms with van der Waals surface area (Å²) < 4.78 is 5.62. The molecule has 0 aromatic heterocycles. The predicted octanol–water partition coefficient (Wildman–Crippen LogP) is 1.46. The Balaban J connectivity index is 2.08. The number of hydrogen-bond acceptors (Lipinski definition) is 2. The van der Waals surface area contributed by atoms with E-state index in [9.17, 15) is 0 Å². The first-order valence-electron chi connectivity index (χ1n) is 4.46. The van der Waals surface area contributed by atoms with Crippen LogP contribution in [0.3, 0.4) is 0 Å². The summed E-state index contributed by atoms with van der Waals surface area (Å²) in [6.07, 6.45) is 1.69. The Morgan fingerprint density at radius 3 is 2.36 bits per heavy atom. The highest BCUT2D eigenvalue weighted by molar-refractivity contribution is 4.91. The summed E-state index contributed by atoms with van der Waals surface area (Å²) in [5.74, 6) is 0.819. The zero-order chi connectivity index (χ0) is 8.06. The van der Waals surface area contributed by atoms with Gasteiger partial charge >= 0.3 is 0 Å². The SMILES string of the molecule is CC(C)(C)N1C[C@H]2CO[C@@H]1C2. The van der Waals surface area contributed by atoms with Crippen molar-refractivity contribution >= 4 is 0 Å². The number of rotatable bonds is 0. The zero-order valence-electron chi connectivity index (χ0n) is 7.63. The fourth-order valence-electron chi connectivity index (χ4n) is 2.11. The maximum absolute atomic E-state index is 5.62. The third-order valence-corrected chi connectivity index (χ3v) is 2.72. The van der Waals surface area contributed by atoms with Gasteiger partial charge in [0, 0.05) is 12.1 Å². The number of ether oxygens (including phenoxy) is 1. The van der Waals surface area contributed by atoms with Gasteiger partial charge in [-0.05, 0) is 33.1 Å². The summed E-state index contributed by atoms with van der Waals surface area (Å²) in [6, 6.07) is 0. The molecular formula is C9H17NO. The van der Waals surface area contributed by atoms with Crippen LogP contribution in [0.15, 0.2) is 0 Å². The molecule has 2 heterocycles. The van der Waals surface area contributed by atoms with Crippen LogP contribution in [-0.2, 0) is 4.74 Å². The maximum Gasteiger partial charge on any atom is 0.111 e. The van der Waals surface area contributed by atoms with Crippen LogP contribution in [-0.4, -0.2) is 29.8 Å². The molecule has 2 bridgehead atoms. The number of likely N-dealkylation sites (tertiary alicyclic amines) is 1. The number of nitrogens with zero attached hydrogens (tertiary/aromatic N) is 1. The van der Waals surface area contributed by atoms with Gasteiger partial charge < -0.3 is 4.74 Å². The van der Waals surface area contributed by atoms with E-state index in [0.29, 0.717) is 11.8 Å². The Kier molecular flexibility index (Phi) is 1.52. The average Bonchev–Trinajstić information content (AvgIpc) is 2.42. The molecule has 0 N–H and O–H groups in total. The fraction of sp³-hybridized carbons (Fsp3) is 1.00. The summed E-state index contributed by atoms with van der Waals surface area (Å²) in [5, 5.41) is 0. The highest BCUT2D eigenvalue weighted by atomic mass is 16.5. The van der Waals surface area contributed by atoms with Gasteiger partial charge in [-0.2, -0.15) is 0 Å². The Hall–Kier alpha value is -0.0800. The molecule has 2 heteroatoms. The van der Waals surface area contributed by atoms with Crippen LogP contribution < -0.4 is 0 Å². The molecule has 0 radical (unpaired) electrons. The first-order valence-corrected chi connectivity index (χ1v) is 4.46. The molecule has 0 aromatic carbocycles. The molecule has 0 amide bonds. The van der Waals surface area contributed by atoms with E-state index in [4.69, 9.17) is 4.74 Å². The molecule has 2 aliphatic heterocycles. The summed E-state index contributed by atoms with van der Waals surface area (Å²) >= 11 is 0. The monoisotopic (exact) mass is 155 g/mol. The van der Waals surface area contributed by atoms with Gasteiger partial charge in [-0.15, -0.1) is 0 Å². The Morgan fingerprint density at radius 2 is 2.09 bits per heavy atom. The van der Waals surface area contributed by atoms with Crippen molar-refractivity contribution in [3.8, 4) is 0 Å². The highest BCUT2D eigenvalue weighted by Crippen LogP contribution is 2.36. The number of fused-ring (bicyclic) bond motifs is 2. The summed E-state index contributed by atoms with van der Waals surface area (Å²) in [6.45, 7) is 9.02. The smallest absolute Gasteiger partial charge is 0.111 e. The lowest BCUT2D eigenvalue weighted by molar-refractivity contribution is -0.0790. The van der Waals surface area contributed by atoms with E-state index in [1.54, 1.807) is 0 Å². The molecule has 2 atom stereocenters. The maximum atomic E-state index is 5.62. The van der Waals surface area contributed by atoms with Gasteiger partial charge in [0.1, 0.15) is 6.23 Å². The van der Waals surface area contributed by atoms with Crippen molar-refractivity contribution < 1.29 is 4.74 Å². The van der Waals surface area contributed by atoms with Gasteiger partial charge in [0.25, 0.3) is 0 Å². The predicted molar refractivity (Wildman–Crippen MR) is 44.3 cm³/mol. The van der Waals surface area contributed by atoms with Crippen LogP contribution in [0.4, 0.5) is 0 Å². The van der Waals surface area contributed by atoms with Crippen LogP contribution in [0.2, 0.25) is 0 Å². The van der Waals surface area contributed by atoms with E-state index < -0.39 is 0 Å². The first kappa shape index (κ1) is 7.56. The van der Waals surface area contributed by atoms with Gasteiger partial charge in [-0.25, -0.2) is 0 Å². The van der Waals surface area contributed by atoms with E-state index in [2.05, 4.69) is 25.7 Å². The van der Waals surface area contributed by atoms with Crippen molar-refractivity contribution in [2.75, 3.05) is 13.2 Å². The molecule has 2 rings (SSSR count). The van der Waals surface area contributed by atoms with Gasteiger partial charge in [0.2, 0.25) is 0 Å². The number of hydrogen-bond donors (Lipinski definition) is 0. The van der Waals surface area contributed by atoms with Crippen LogP contribution in [0.25, 0.3) is 0 Å². The molecular weight excluding hydrogens is 138 g/mol. The van der Waals surface area contributed by atoms with Crippen molar-refractivity contribution in [1.82, 2.24) is 4.90 Å². The minimum Gasteiger partial charge on any atom is -0.363 e. The lowest BCUT2D eigenvalue weighted by Gasteiger charge is -2.38. The van der Waals surface area contributed by atoms with Gasteiger partial charge in [-0.3, -0.25) is 4.90 Å². The quantitative estimate of drug-likeness (QED) is 0.525. The van der Waals surface area contributed by atoms with E-state index in [-0.39, 0.29) is 0 Å². The van der Waals surface area contributed by atoms with E-state index in [0.717, 1.165) is 12.5 Å². The highest BCUT2D eigenvalue weighted by Gasteiger charge is 2.43. The normalized spacial score (nSPS) is 38.5. The molecule has 2 fully saturated rings. The molecule has 0 aliphatic carbocycles. The molecule has 0 saturated carbocycles. The molecule has 0 spiro atoms. The van der Waals surface area contributed by atoms with Crippen LogP contribution in [0.5, 0.6) is 0 Å². The Labute approximate surface area is 68.5 Å². The third kappa shape index (κ3) is 1.18. The molecule has 11 heavy (non-hydrogen) atoms. The minimum absolute atomic E-state index is 0.292. The Morgan fingerprint density at radius 1 is 1.36 bits per heavy atom. The largest absolute Gasteiger partial charge is 0.363 e. The summed E-state index contributed by atoms with van der Waals surface area (Å²) in [5.41, 5.74) is 0.292. The third-order valence-electron chi connectivity index (χ3n) is 2.72. The van der Waals surface area contributed by atoms with Gasteiger partial charge in [0.15, 0.2) is 0 Å². The van der Waals surface area contributed by atoms with Crippen molar-refractivity contribution in [1.29, 1.82) is 0 Å². The molecule has 2 saturated heterocycles. The van der Waals surface area contributed by atoms with Crippen molar-refractivity contribution in [2.45, 2.75) is 39.0 Å². The van der Waals surface area contributed by atoms with Gasteiger partial charge in [0.05, 0.1) is 6.61 Å².